The second-order valence-electron chi connectivity index (χ2n) is 4.67. The number of aryl methyl sites for hydroxylation is 1. The molecule has 0 saturated carbocycles. The molecule has 1 aromatic carbocycles. The Labute approximate surface area is 113 Å². The minimum Gasteiger partial charge on any atom is -0.493 e. The third-order valence-corrected chi connectivity index (χ3v) is 3.02. The molecule has 0 spiro atoms. The Balaban J connectivity index is 2.01. The van der Waals surface area contributed by atoms with Crippen LogP contribution in [0.2, 0.25) is 0 Å². The molecule has 2 rings (SSSR count). The number of ether oxygens (including phenoxy) is 1. The Kier molecular flexibility index (Phi) is 4.53. The van der Waals surface area contributed by atoms with Crippen molar-refractivity contribution in [2.75, 3.05) is 6.61 Å². The fourth-order valence-corrected chi connectivity index (χ4v) is 1.94. The largest absolute Gasteiger partial charge is 0.493 e. The monoisotopic (exact) mass is 257 g/mol. The molecule has 19 heavy (non-hydrogen) atoms. The van der Waals surface area contributed by atoms with Crippen LogP contribution in [0.1, 0.15) is 29.7 Å². The van der Waals surface area contributed by atoms with Crippen LogP contribution in [0.3, 0.4) is 0 Å². The lowest BCUT2D eigenvalue weighted by atomic mass is 10.1. The predicted molar refractivity (Wildman–Crippen MR) is 75.2 cm³/mol. The van der Waals surface area contributed by atoms with Crippen molar-refractivity contribution in [3.63, 3.8) is 0 Å². The van der Waals surface area contributed by atoms with Gasteiger partial charge in [-0.25, -0.2) is 0 Å². The summed E-state index contributed by atoms with van der Waals surface area (Å²) in [6, 6.07) is 9.83. The Morgan fingerprint density at radius 3 is 2.63 bits per heavy atom. The van der Waals surface area contributed by atoms with E-state index in [2.05, 4.69) is 4.98 Å². The molecule has 1 N–H and O–H groups in total. The molecule has 0 amide bonds. The van der Waals surface area contributed by atoms with Crippen molar-refractivity contribution in [2.45, 2.75) is 26.4 Å². The van der Waals surface area contributed by atoms with E-state index < -0.39 is 6.10 Å². The molecule has 3 nitrogen and oxygen atoms in total. The second kappa shape index (κ2) is 6.34. The highest BCUT2D eigenvalue weighted by Crippen LogP contribution is 2.26. The van der Waals surface area contributed by atoms with Crippen LogP contribution in [-0.4, -0.2) is 16.7 Å². The summed E-state index contributed by atoms with van der Waals surface area (Å²) in [5.41, 5.74) is 3.16. The van der Waals surface area contributed by atoms with E-state index in [9.17, 15) is 5.11 Å². The van der Waals surface area contributed by atoms with Gasteiger partial charge in [-0.05, 0) is 43.2 Å². The lowest BCUT2D eigenvalue weighted by Crippen LogP contribution is -2.05. The molecule has 3 heteroatoms. The van der Waals surface area contributed by atoms with Gasteiger partial charge in [-0.15, -0.1) is 0 Å². The molecule has 1 aromatic heterocycles. The topological polar surface area (TPSA) is 42.4 Å². The lowest BCUT2D eigenvalue weighted by molar-refractivity contribution is 0.191. The van der Waals surface area contributed by atoms with Crippen molar-refractivity contribution in [1.29, 1.82) is 0 Å². The van der Waals surface area contributed by atoms with Gasteiger partial charge >= 0.3 is 0 Å². The van der Waals surface area contributed by atoms with E-state index in [4.69, 9.17) is 4.74 Å². The maximum atomic E-state index is 9.72. The van der Waals surface area contributed by atoms with Gasteiger partial charge in [-0.2, -0.15) is 0 Å². The summed E-state index contributed by atoms with van der Waals surface area (Å²) in [7, 11) is 0. The molecule has 1 unspecified atom stereocenters. The second-order valence-corrected chi connectivity index (χ2v) is 4.67. The molecule has 100 valence electrons. The van der Waals surface area contributed by atoms with Crippen LogP contribution >= 0.6 is 0 Å². The molecule has 1 heterocycles. The highest BCUT2D eigenvalue weighted by atomic mass is 16.5. The van der Waals surface area contributed by atoms with Crippen LogP contribution in [0.15, 0.2) is 42.7 Å². The fraction of sp³-hybridized carbons (Fsp3) is 0.312. The van der Waals surface area contributed by atoms with Gasteiger partial charge in [-0.1, -0.05) is 12.1 Å². The van der Waals surface area contributed by atoms with Crippen molar-refractivity contribution in [1.82, 2.24) is 4.98 Å². The number of benzene rings is 1. The first kappa shape index (κ1) is 13.6. The van der Waals surface area contributed by atoms with Gasteiger partial charge in [0.05, 0.1) is 12.7 Å². The normalized spacial score (nSPS) is 12.2. The van der Waals surface area contributed by atoms with E-state index in [1.165, 1.54) is 5.56 Å². The van der Waals surface area contributed by atoms with Gasteiger partial charge < -0.3 is 9.84 Å². The first-order valence-electron chi connectivity index (χ1n) is 6.47. The van der Waals surface area contributed by atoms with Crippen molar-refractivity contribution in [2.24, 2.45) is 0 Å². The molecular weight excluding hydrogens is 238 g/mol. The minimum absolute atomic E-state index is 0.517. The average molecular weight is 257 g/mol. The number of aliphatic hydroxyl groups excluding tert-OH is 1. The van der Waals surface area contributed by atoms with Gasteiger partial charge in [0.25, 0.3) is 0 Å². The number of aromatic nitrogens is 1. The maximum absolute atomic E-state index is 9.72. The summed E-state index contributed by atoms with van der Waals surface area (Å²) in [5.74, 6) is 0.768. The number of hydrogen-bond acceptors (Lipinski definition) is 3. The van der Waals surface area contributed by atoms with Crippen LogP contribution in [0.4, 0.5) is 0 Å². The van der Waals surface area contributed by atoms with Crippen molar-refractivity contribution in [3.05, 3.63) is 59.4 Å². The van der Waals surface area contributed by atoms with E-state index in [-0.39, 0.29) is 0 Å². The zero-order chi connectivity index (χ0) is 13.7. The number of aliphatic hydroxyl groups is 1. The molecule has 2 aromatic rings. The Hall–Kier alpha value is -1.87. The summed E-state index contributed by atoms with van der Waals surface area (Å²) in [6.45, 7) is 4.36. The van der Waals surface area contributed by atoms with Gasteiger partial charge in [0, 0.05) is 24.4 Å². The average Bonchev–Trinajstić information content (AvgIpc) is 2.39. The molecule has 1 atom stereocenters. The van der Waals surface area contributed by atoms with Crippen LogP contribution in [0.25, 0.3) is 0 Å². The number of nitrogens with zero attached hydrogens (tertiary/aromatic N) is 1. The van der Waals surface area contributed by atoms with Crippen LogP contribution in [0, 0.1) is 6.92 Å². The number of pyridine rings is 1. The van der Waals surface area contributed by atoms with E-state index in [0.29, 0.717) is 6.61 Å². The third kappa shape index (κ3) is 3.80. The molecule has 0 aliphatic carbocycles. The van der Waals surface area contributed by atoms with Gasteiger partial charge in [-0.3, -0.25) is 4.98 Å². The highest BCUT2D eigenvalue weighted by molar-refractivity contribution is 5.38. The summed E-state index contributed by atoms with van der Waals surface area (Å²) >= 11 is 0. The summed E-state index contributed by atoms with van der Waals surface area (Å²) in [6.07, 6.45) is 3.87. The van der Waals surface area contributed by atoms with E-state index in [1.807, 2.05) is 37.3 Å². The van der Waals surface area contributed by atoms with Crippen LogP contribution in [0.5, 0.6) is 5.75 Å². The SMILES string of the molecule is Cc1ccc(C(C)O)c(OCCc2ccncc2)c1. The lowest BCUT2D eigenvalue weighted by Gasteiger charge is -2.14. The Morgan fingerprint density at radius 1 is 1.21 bits per heavy atom. The molecule has 0 bridgehead atoms. The Morgan fingerprint density at radius 2 is 1.95 bits per heavy atom. The van der Waals surface area contributed by atoms with Gasteiger partial charge in [0.1, 0.15) is 5.75 Å². The Bertz CT molecular complexity index is 524. The van der Waals surface area contributed by atoms with E-state index >= 15 is 0 Å². The fourth-order valence-electron chi connectivity index (χ4n) is 1.94. The van der Waals surface area contributed by atoms with E-state index in [0.717, 1.165) is 23.3 Å². The van der Waals surface area contributed by atoms with E-state index in [1.54, 1.807) is 19.3 Å². The molecule has 0 saturated heterocycles. The molecule has 0 aliphatic heterocycles. The predicted octanol–water partition coefficient (Wildman–Crippen LogP) is 3.06. The van der Waals surface area contributed by atoms with Crippen LogP contribution < -0.4 is 4.74 Å². The molecule has 0 fully saturated rings. The summed E-state index contributed by atoms with van der Waals surface area (Å²) in [5, 5.41) is 9.72. The first-order valence-corrected chi connectivity index (χ1v) is 6.47. The number of hydrogen-bond donors (Lipinski definition) is 1. The van der Waals surface area contributed by atoms with Gasteiger partial charge in [0.15, 0.2) is 0 Å². The van der Waals surface area contributed by atoms with Crippen LogP contribution in [-0.2, 0) is 6.42 Å². The van der Waals surface area contributed by atoms with Gasteiger partial charge in [0.2, 0.25) is 0 Å². The zero-order valence-electron chi connectivity index (χ0n) is 11.3. The highest BCUT2D eigenvalue weighted by Gasteiger charge is 2.09. The minimum atomic E-state index is -0.517. The molecule has 0 radical (unpaired) electrons. The van der Waals surface area contributed by atoms with Crippen molar-refractivity contribution >= 4 is 0 Å². The van der Waals surface area contributed by atoms with Crippen molar-refractivity contribution < 1.29 is 9.84 Å². The summed E-state index contributed by atoms with van der Waals surface area (Å²) in [4.78, 5) is 3.99. The first-order chi connectivity index (χ1) is 9.16. The smallest absolute Gasteiger partial charge is 0.125 e. The third-order valence-electron chi connectivity index (χ3n) is 3.02. The summed E-state index contributed by atoms with van der Waals surface area (Å²) < 4.78 is 5.80. The standard InChI is InChI=1S/C16H19NO2/c1-12-3-4-15(13(2)18)16(11-12)19-10-7-14-5-8-17-9-6-14/h3-6,8-9,11,13,18H,7,10H2,1-2H3. The van der Waals surface area contributed by atoms with Crippen molar-refractivity contribution in [3.8, 4) is 5.75 Å². The quantitative estimate of drug-likeness (QED) is 0.895. The maximum Gasteiger partial charge on any atom is 0.125 e. The zero-order valence-corrected chi connectivity index (χ0v) is 11.3. The number of rotatable bonds is 5. The molecular formula is C16H19NO2. The molecule has 0 aliphatic rings.